The molecule has 0 radical (unpaired) electrons. The van der Waals surface area contributed by atoms with Crippen LogP contribution in [0.25, 0.3) is 11.1 Å². The number of rotatable bonds is 4. The fraction of sp³-hybridized carbons (Fsp3) is 0.133. The van der Waals surface area contributed by atoms with Crippen molar-refractivity contribution in [2.24, 2.45) is 7.05 Å². The highest BCUT2D eigenvalue weighted by molar-refractivity contribution is 7.91. The normalized spacial score (nSPS) is 11.7. The van der Waals surface area contributed by atoms with Gasteiger partial charge < -0.3 is 4.42 Å². The summed E-state index contributed by atoms with van der Waals surface area (Å²) in [6.45, 7) is 0. The van der Waals surface area contributed by atoms with E-state index in [1.807, 2.05) is 0 Å². The molecule has 0 bridgehead atoms. The fourth-order valence-electron chi connectivity index (χ4n) is 2.21. The molecule has 0 atom stereocenters. The zero-order valence-electron chi connectivity index (χ0n) is 12.1. The van der Waals surface area contributed by atoms with Crippen LogP contribution >= 0.6 is 11.6 Å². The Morgan fingerprint density at radius 3 is 2.57 bits per heavy atom. The second-order valence-electron chi connectivity index (χ2n) is 5.10. The molecule has 1 heterocycles. The highest BCUT2D eigenvalue weighted by Crippen LogP contribution is 2.20. The van der Waals surface area contributed by atoms with Crippen molar-refractivity contribution in [3.63, 3.8) is 0 Å². The van der Waals surface area contributed by atoms with Crippen LogP contribution in [0.3, 0.4) is 0 Å². The Kier molecular flexibility index (Phi) is 3.91. The van der Waals surface area contributed by atoms with Crippen LogP contribution in [0.15, 0.2) is 51.7 Å². The molecule has 0 saturated carbocycles. The van der Waals surface area contributed by atoms with Crippen LogP contribution < -0.4 is 10.5 Å². The molecule has 6 nitrogen and oxygen atoms in total. The first-order chi connectivity index (χ1) is 10.8. The highest BCUT2D eigenvalue weighted by Gasteiger charge is 2.13. The number of fused-ring (bicyclic) bond motifs is 1. The topological polar surface area (TPSA) is 81.3 Å². The lowest BCUT2D eigenvalue weighted by Crippen LogP contribution is -2.15. The molecule has 3 aromatic rings. The summed E-state index contributed by atoms with van der Waals surface area (Å²) in [4.78, 5) is 11.5. The standard InChI is InChI=1S/C15H13ClN2O4S/c1-18-13-8-12(6-7-14(13)22-15(18)19)17-23(20,21)9-10-2-4-11(16)5-3-10/h2-8,17H,9H2,1H3. The van der Waals surface area contributed by atoms with E-state index in [0.29, 0.717) is 27.4 Å². The van der Waals surface area contributed by atoms with Gasteiger partial charge in [0.05, 0.1) is 17.0 Å². The number of aromatic nitrogens is 1. The van der Waals surface area contributed by atoms with Crippen molar-refractivity contribution in [3.8, 4) is 0 Å². The average Bonchev–Trinajstić information content (AvgIpc) is 2.76. The monoisotopic (exact) mass is 352 g/mol. The molecule has 1 N–H and O–H groups in total. The molecule has 1 aromatic heterocycles. The van der Waals surface area contributed by atoms with E-state index in [4.69, 9.17) is 16.0 Å². The number of aryl methyl sites for hydroxylation is 1. The van der Waals surface area contributed by atoms with Gasteiger partial charge in [-0.25, -0.2) is 13.2 Å². The Labute approximate surface area is 137 Å². The number of halogens is 1. The van der Waals surface area contributed by atoms with E-state index in [1.54, 1.807) is 49.5 Å². The predicted molar refractivity (Wildman–Crippen MR) is 89.2 cm³/mol. The number of hydrogen-bond acceptors (Lipinski definition) is 4. The Hall–Kier alpha value is -2.25. The summed E-state index contributed by atoms with van der Waals surface area (Å²) in [5.74, 6) is -0.673. The number of anilines is 1. The molecule has 0 aliphatic heterocycles. The van der Waals surface area contributed by atoms with Crippen LogP contribution in [-0.2, 0) is 22.8 Å². The summed E-state index contributed by atoms with van der Waals surface area (Å²) >= 11 is 5.78. The third-order valence-electron chi connectivity index (χ3n) is 3.33. The maximum atomic E-state index is 12.2. The largest absolute Gasteiger partial charge is 0.419 e. The highest BCUT2D eigenvalue weighted by atomic mass is 35.5. The van der Waals surface area contributed by atoms with Crippen LogP contribution in [0, 0.1) is 0 Å². The van der Waals surface area contributed by atoms with E-state index in [2.05, 4.69) is 4.72 Å². The summed E-state index contributed by atoms with van der Waals surface area (Å²) < 4.78 is 33.3. The molecule has 0 aliphatic carbocycles. The SMILES string of the molecule is Cn1c(=O)oc2ccc(NS(=O)(=O)Cc3ccc(Cl)cc3)cc21. The second-order valence-corrected chi connectivity index (χ2v) is 7.26. The zero-order valence-corrected chi connectivity index (χ0v) is 13.7. The molecule has 0 fully saturated rings. The van der Waals surface area contributed by atoms with Gasteiger partial charge in [-0.1, -0.05) is 23.7 Å². The first-order valence-corrected chi connectivity index (χ1v) is 8.72. The smallest absolute Gasteiger partial charge is 0.408 e. The van der Waals surface area contributed by atoms with Crippen molar-refractivity contribution in [3.05, 3.63) is 63.6 Å². The third-order valence-corrected chi connectivity index (χ3v) is 4.85. The van der Waals surface area contributed by atoms with Gasteiger partial charge in [0, 0.05) is 12.1 Å². The molecule has 0 unspecified atom stereocenters. The number of nitrogens with one attached hydrogen (secondary N) is 1. The maximum Gasteiger partial charge on any atom is 0.419 e. The summed E-state index contributed by atoms with van der Waals surface area (Å²) in [6.07, 6.45) is 0. The zero-order chi connectivity index (χ0) is 16.6. The van der Waals surface area contributed by atoms with Crippen molar-refractivity contribution >= 4 is 38.4 Å². The van der Waals surface area contributed by atoms with Gasteiger partial charge in [-0.15, -0.1) is 0 Å². The maximum absolute atomic E-state index is 12.2. The van der Waals surface area contributed by atoms with Gasteiger partial charge in [0.25, 0.3) is 0 Å². The minimum absolute atomic E-state index is 0.174. The number of benzene rings is 2. The summed E-state index contributed by atoms with van der Waals surface area (Å²) in [7, 11) is -2.03. The lowest BCUT2D eigenvalue weighted by atomic mass is 10.2. The van der Waals surface area contributed by atoms with Gasteiger partial charge in [-0.2, -0.15) is 0 Å². The van der Waals surface area contributed by atoms with E-state index in [-0.39, 0.29) is 5.75 Å². The molecule has 0 amide bonds. The molecule has 8 heteroatoms. The third kappa shape index (κ3) is 3.40. The van der Waals surface area contributed by atoms with E-state index in [0.717, 1.165) is 0 Å². The molecule has 2 aromatic carbocycles. The van der Waals surface area contributed by atoms with Crippen molar-refractivity contribution in [1.82, 2.24) is 4.57 Å². The Balaban J connectivity index is 1.86. The molecular weight excluding hydrogens is 340 g/mol. The van der Waals surface area contributed by atoms with Gasteiger partial charge in [-0.05, 0) is 35.9 Å². The van der Waals surface area contributed by atoms with E-state index in [1.165, 1.54) is 4.57 Å². The van der Waals surface area contributed by atoms with Gasteiger partial charge >= 0.3 is 5.76 Å². The predicted octanol–water partition coefficient (Wildman–Crippen LogP) is 2.73. The molecule has 0 aliphatic rings. The van der Waals surface area contributed by atoms with Crippen molar-refractivity contribution in [2.45, 2.75) is 5.75 Å². The first-order valence-electron chi connectivity index (χ1n) is 6.68. The molecular formula is C15H13ClN2O4S. The summed E-state index contributed by atoms with van der Waals surface area (Å²) in [6, 6.07) is 11.2. The quantitative estimate of drug-likeness (QED) is 0.782. The van der Waals surface area contributed by atoms with Crippen LogP contribution in [0.4, 0.5) is 5.69 Å². The number of sulfonamides is 1. The van der Waals surface area contributed by atoms with E-state index < -0.39 is 15.8 Å². The van der Waals surface area contributed by atoms with E-state index >= 15 is 0 Å². The second kappa shape index (κ2) is 5.75. The number of nitrogens with zero attached hydrogens (tertiary/aromatic N) is 1. The Morgan fingerprint density at radius 1 is 1.17 bits per heavy atom. The van der Waals surface area contributed by atoms with Gasteiger partial charge in [-0.3, -0.25) is 9.29 Å². The Bertz CT molecular complexity index is 1020. The lowest BCUT2D eigenvalue weighted by molar-refractivity contribution is 0.528. The number of hydrogen-bond donors (Lipinski definition) is 1. The van der Waals surface area contributed by atoms with Crippen molar-refractivity contribution in [1.29, 1.82) is 0 Å². The van der Waals surface area contributed by atoms with Crippen molar-refractivity contribution < 1.29 is 12.8 Å². The van der Waals surface area contributed by atoms with Crippen LogP contribution in [-0.4, -0.2) is 13.0 Å². The van der Waals surface area contributed by atoms with Gasteiger partial charge in [0.1, 0.15) is 0 Å². The minimum Gasteiger partial charge on any atom is -0.408 e. The molecule has 23 heavy (non-hydrogen) atoms. The average molecular weight is 353 g/mol. The number of oxazole rings is 1. The Morgan fingerprint density at radius 2 is 1.87 bits per heavy atom. The first kappa shape index (κ1) is 15.6. The summed E-state index contributed by atoms with van der Waals surface area (Å²) in [5.41, 5.74) is 1.90. The van der Waals surface area contributed by atoms with Crippen LogP contribution in [0.5, 0.6) is 0 Å². The van der Waals surface area contributed by atoms with E-state index in [9.17, 15) is 13.2 Å². The van der Waals surface area contributed by atoms with Gasteiger partial charge in [0.2, 0.25) is 10.0 Å². The fourth-order valence-corrected chi connectivity index (χ4v) is 3.52. The van der Waals surface area contributed by atoms with Crippen LogP contribution in [0.1, 0.15) is 5.56 Å². The molecule has 0 spiro atoms. The van der Waals surface area contributed by atoms with Crippen LogP contribution in [0.2, 0.25) is 5.02 Å². The lowest BCUT2D eigenvalue weighted by Gasteiger charge is -2.08. The van der Waals surface area contributed by atoms with Gasteiger partial charge in [0.15, 0.2) is 5.58 Å². The molecule has 0 saturated heterocycles. The molecule has 120 valence electrons. The summed E-state index contributed by atoms with van der Waals surface area (Å²) in [5, 5.41) is 0.547. The minimum atomic E-state index is -3.59. The molecule has 3 rings (SSSR count). The van der Waals surface area contributed by atoms with Crippen molar-refractivity contribution in [2.75, 3.05) is 4.72 Å².